The molecule has 0 amide bonds. The topological polar surface area (TPSA) is 69.5 Å². The van der Waals surface area contributed by atoms with E-state index in [0.29, 0.717) is 32.4 Å². The second kappa shape index (κ2) is 6.25. The molecule has 0 bridgehead atoms. The summed E-state index contributed by atoms with van der Waals surface area (Å²) in [6.45, 7) is 0. The van der Waals surface area contributed by atoms with Crippen molar-refractivity contribution in [3.63, 3.8) is 0 Å². The van der Waals surface area contributed by atoms with Gasteiger partial charge in [0.1, 0.15) is 17.3 Å². The zero-order valence-electron chi connectivity index (χ0n) is 11.7. The molecule has 0 saturated carbocycles. The van der Waals surface area contributed by atoms with Crippen LogP contribution in [0.4, 0.5) is 0 Å². The third-order valence-electron chi connectivity index (χ3n) is 3.37. The third kappa shape index (κ3) is 2.72. The Hall–Kier alpha value is -2.61. The Kier molecular flexibility index (Phi) is 4.16. The van der Waals surface area contributed by atoms with Gasteiger partial charge < -0.3 is 0 Å². The van der Waals surface area contributed by atoms with Crippen molar-refractivity contribution in [2.45, 2.75) is 0 Å². The van der Waals surface area contributed by atoms with Crippen molar-refractivity contribution in [1.29, 1.82) is 5.26 Å². The fraction of sp³-hybridized carbons (Fsp3) is 0. The second-order valence-corrected chi connectivity index (χ2v) is 5.54. The van der Waals surface area contributed by atoms with Crippen molar-refractivity contribution in [1.82, 2.24) is 10.2 Å². The molecule has 0 saturated heterocycles. The Labute approximate surface area is 141 Å². The van der Waals surface area contributed by atoms with Gasteiger partial charge in [-0.2, -0.15) is 10.4 Å². The van der Waals surface area contributed by atoms with Gasteiger partial charge in [0.15, 0.2) is 0 Å². The second-order valence-electron chi connectivity index (χ2n) is 4.72. The van der Waals surface area contributed by atoms with Crippen molar-refractivity contribution in [3.8, 4) is 28.5 Å². The minimum Gasteiger partial charge on any atom is -0.266 e. The maximum absolute atomic E-state index is 12.0. The molecule has 1 N–H and O–H groups in total. The summed E-state index contributed by atoms with van der Waals surface area (Å²) in [4.78, 5) is 12.0. The monoisotopic (exact) mass is 341 g/mol. The molecule has 4 nitrogen and oxygen atoms in total. The van der Waals surface area contributed by atoms with Gasteiger partial charge in [-0.3, -0.25) is 4.79 Å². The van der Waals surface area contributed by atoms with Crippen LogP contribution < -0.4 is 5.56 Å². The minimum atomic E-state index is -0.571. The normalized spacial score (nSPS) is 10.3. The van der Waals surface area contributed by atoms with Gasteiger partial charge in [0, 0.05) is 21.7 Å². The number of nitriles is 1. The predicted octanol–water partition coefficient (Wildman–Crippen LogP) is 4.28. The summed E-state index contributed by atoms with van der Waals surface area (Å²) >= 11 is 12.5. The summed E-state index contributed by atoms with van der Waals surface area (Å²) in [5.74, 6) is 0. The van der Waals surface area contributed by atoms with E-state index in [-0.39, 0.29) is 5.56 Å². The molecule has 0 atom stereocenters. The largest absolute Gasteiger partial charge is 0.282 e. The molecule has 2 aromatic carbocycles. The number of aromatic nitrogens is 2. The summed E-state index contributed by atoms with van der Waals surface area (Å²) < 4.78 is 0. The lowest BCUT2D eigenvalue weighted by atomic mass is 9.96. The number of nitrogens with zero attached hydrogens (tertiary/aromatic N) is 2. The van der Waals surface area contributed by atoms with E-state index in [0.717, 1.165) is 0 Å². The fourth-order valence-corrected chi connectivity index (χ4v) is 2.79. The molecule has 6 heteroatoms. The van der Waals surface area contributed by atoms with E-state index in [1.54, 1.807) is 48.5 Å². The number of benzene rings is 2. The molecule has 0 aliphatic heterocycles. The van der Waals surface area contributed by atoms with E-state index in [4.69, 9.17) is 23.2 Å². The quantitative estimate of drug-likeness (QED) is 0.756. The van der Waals surface area contributed by atoms with E-state index < -0.39 is 5.56 Å². The van der Waals surface area contributed by atoms with E-state index in [1.165, 1.54) is 0 Å². The van der Waals surface area contributed by atoms with Gasteiger partial charge >= 0.3 is 0 Å². The fourth-order valence-electron chi connectivity index (χ4n) is 2.33. The lowest BCUT2D eigenvalue weighted by Crippen LogP contribution is -2.15. The molecule has 1 heterocycles. The molecule has 0 fully saturated rings. The van der Waals surface area contributed by atoms with Gasteiger partial charge in [-0.25, -0.2) is 5.10 Å². The Morgan fingerprint density at radius 3 is 2.09 bits per heavy atom. The number of H-pyrrole nitrogens is 1. The summed E-state index contributed by atoms with van der Waals surface area (Å²) in [5, 5.41) is 16.8. The summed E-state index contributed by atoms with van der Waals surface area (Å²) in [5.41, 5.74) is 1.31. The lowest BCUT2D eigenvalue weighted by Gasteiger charge is -2.12. The lowest BCUT2D eigenvalue weighted by molar-refractivity contribution is 0.990. The predicted molar refractivity (Wildman–Crippen MR) is 90.5 cm³/mol. The van der Waals surface area contributed by atoms with Gasteiger partial charge in [-0.05, 0) is 12.1 Å². The zero-order valence-corrected chi connectivity index (χ0v) is 13.2. The maximum Gasteiger partial charge on any atom is 0.282 e. The van der Waals surface area contributed by atoms with Crippen molar-refractivity contribution in [2.75, 3.05) is 0 Å². The van der Waals surface area contributed by atoms with Crippen molar-refractivity contribution >= 4 is 23.2 Å². The van der Waals surface area contributed by atoms with E-state index in [9.17, 15) is 10.1 Å². The first-order valence-electron chi connectivity index (χ1n) is 6.66. The number of rotatable bonds is 2. The number of hydrogen-bond acceptors (Lipinski definition) is 3. The highest BCUT2D eigenvalue weighted by molar-refractivity contribution is 6.34. The summed E-state index contributed by atoms with van der Waals surface area (Å²) in [6, 6.07) is 16.0. The third-order valence-corrected chi connectivity index (χ3v) is 4.03. The number of nitrogens with one attached hydrogen (secondary N) is 1. The van der Waals surface area contributed by atoms with Gasteiger partial charge in [0.25, 0.3) is 5.56 Å². The average molecular weight is 342 g/mol. The van der Waals surface area contributed by atoms with E-state index in [1.807, 2.05) is 6.07 Å². The maximum atomic E-state index is 12.0. The first kappa shape index (κ1) is 15.3. The van der Waals surface area contributed by atoms with E-state index >= 15 is 0 Å². The Balaban J connectivity index is 2.44. The molecule has 0 aliphatic rings. The Bertz CT molecular complexity index is 990. The highest BCUT2D eigenvalue weighted by Gasteiger charge is 2.20. The molecule has 23 heavy (non-hydrogen) atoms. The van der Waals surface area contributed by atoms with Crippen LogP contribution in [-0.4, -0.2) is 10.2 Å². The van der Waals surface area contributed by atoms with Crippen LogP contribution >= 0.6 is 23.2 Å². The van der Waals surface area contributed by atoms with Crippen LogP contribution in [0.3, 0.4) is 0 Å². The summed E-state index contributed by atoms with van der Waals surface area (Å²) in [7, 11) is 0. The van der Waals surface area contributed by atoms with Gasteiger partial charge in [-0.15, -0.1) is 0 Å². The van der Waals surface area contributed by atoms with Gasteiger partial charge in [-0.1, -0.05) is 59.6 Å². The average Bonchev–Trinajstić information content (AvgIpc) is 2.56. The van der Waals surface area contributed by atoms with Crippen molar-refractivity contribution in [2.24, 2.45) is 0 Å². The molecule has 0 aliphatic carbocycles. The first-order chi connectivity index (χ1) is 11.1. The molecule has 3 aromatic rings. The highest BCUT2D eigenvalue weighted by atomic mass is 35.5. The smallest absolute Gasteiger partial charge is 0.266 e. The molecule has 0 radical (unpaired) electrons. The van der Waals surface area contributed by atoms with Crippen molar-refractivity contribution < 1.29 is 0 Å². The van der Waals surface area contributed by atoms with Crippen LogP contribution in [0, 0.1) is 11.3 Å². The van der Waals surface area contributed by atoms with Crippen LogP contribution in [0.2, 0.25) is 10.0 Å². The summed E-state index contributed by atoms with van der Waals surface area (Å²) in [6.07, 6.45) is 0. The molecule has 0 spiro atoms. The zero-order chi connectivity index (χ0) is 16.4. The number of halogens is 2. The van der Waals surface area contributed by atoms with Crippen LogP contribution in [0.15, 0.2) is 53.3 Å². The molecular formula is C17H9Cl2N3O. The van der Waals surface area contributed by atoms with Gasteiger partial charge in [0.2, 0.25) is 0 Å². The van der Waals surface area contributed by atoms with Gasteiger partial charge in [0.05, 0.1) is 5.02 Å². The number of hydrogen-bond donors (Lipinski definition) is 1. The molecule has 0 unspecified atom stereocenters. The molecule has 112 valence electrons. The van der Waals surface area contributed by atoms with Crippen LogP contribution in [0.1, 0.15) is 5.56 Å². The molecular weight excluding hydrogens is 333 g/mol. The van der Waals surface area contributed by atoms with Crippen LogP contribution in [0.5, 0.6) is 0 Å². The highest BCUT2D eigenvalue weighted by Crippen LogP contribution is 2.37. The standard InChI is InChI=1S/C17H9Cl2N3O/c18-13-7-3-1-5-10(13)15-12(9-20)17(23)22-21-16(15)11-6-2-4-8-14(11)19/h1-8H,(H,22,23). The molecule has 1 aromatic heterocycles. The minimum absolute atomic E-state index is 0.0528. The SMILES string of the molecule is N#Cc1c(-c2ccccc2Cl)c(-c2ccccc2Cl)n[nH]c1=O. The van der Waals surface area contributed by atoms with Crippen LogP contribution in [-0.2, 0) is 0 Å². The Morgan fingerprint density at radius 1 is 0.957 bits per heavy atom. The van der Waals surface area contributed by atoms with E-state index in [2.05, 4.69) is 10.2 Å². The first-order valence-corrected chi connectivity index (χ1v) is 7.41. The number of aromatic amines is 1. The molecule has 3 rings (SSSR count). The Morgan fingerprint density at radius 2 is 1.52 bits per heavy atom. The van der Waals surface area contributed by atoms with Crippen LogP contribution in [0.25, 0.3) is 22.4 Å². The van der Waals surface area contributed by atoms with Crippen molar-refractivity contribution in [3.05, 3.63) is 74.5 Å².